The van der Waals surface area contributed by atoms with E-state index in [1.807, 2.05) is 17.5 Å². The SMILES string of the molecule is COCCNC(=O)[C@@H]1C[C@H](Oc2cccnc2)CN1C(=O)c1cccs1. The van der Waals surface area contributed by atoms with Crippen LogP contribution in [0, 0.1) is 0 Å². The Morgan fingerprint density at radius 3 is 2.96 bits per heavy atom. The fourth-order valence-electron chi connectivity index (χ4n) is 2.90. The molecule has 0 aliphatic carbocycles. The van der Waals surface area contributed by atoms with E-state index in [0.717, 1.165) is 0 Å². The highest BCUT2D eigenvalue weighted by atomic mass is 32.1. The van der Waals surface area contributed by atoms with Gasteiger partial charge in [0.05, 0.1) is 24.2 Å². The average molecular weight is 375 g/mol. The lowest BCUT2D eigenvalue weighted by Gasteiger charge is -2.23. The lowest BCUT2D eigenvalue weighted by atomic mass is 10.2. The lowest BCUT2D eigenvalue weighted by molar-refractivity contribution is -0.125. The number of carbonyl (C=O) groups excluding carboxylic acids is 2. The standard InChI is InChI=1S/C18H21N3O4S/c1-24-8-7-20-17(22)15-10-14(25-13-4-2-6-19-11-13)12-21(15)18(23)16-5-3-9-26-16/h2-6,9,11,14-15H,7-8,10,12H2,1H3,(H,20,22)/t14-,15-/m0/s1. The molecule has 8 heteroatoms. The van der Waals surface area contributed by atoms with Crippen LogP contribution < -0.4 is 10.1 Å². The minimum absolute atomic E-state index is 0.149. The van der Waals surface area contributed by atoms with E-state index < -0.39 is 6.04 Å². The molecule has 1 N–H and O–H groups in total. The van der Waals surface area contributed by atoms with Crippen molar-refractivity contribution in [3.8, 4) is 5.75 Å². The van der Waals surface area contributed by atoms with Crippen LogP contribution >= 0.6 is 11.3 Å². The summed E-state index contributed by atoms with van der Waals surface area (Å²) in [6, 6.07) is 6.62. The van der Waals surface area contributed by atoms with Gasteiger partial charge in [-0.1, -0.05) is 6.07 Å². The van der Waals surface area contributed by atoms with Gasteiger partial charge in [0.2, 0.25) is 5.91 Å². The van der Waals surface area contributed by atoms with E-state index in [2.05, 4.69) is 10.3 Å². The second-order valence-electron chi connectivity index (χ2n) is 5.90. The van der Waals surface area contributed by atoms with Crippen molar-refractivity contribution in [2.75, 3.05) is 26.8 Å². The maximum Gasteiger partial charge on any atom is 0.264 e. The second-order valence-corrected chi connectivity index (χ2v) is 6.85. The van der Waals surface area contributed by atoms with E-state index in [1.54, 1.807) is 36.5 Å². The second kappa shape index (κ2) is 8.77. The van der Waals surface area contributed by atoms with Gasteiger partial charge in [0.25, 0.3) is 5.91 Å². The average Bonchev–Trinajstić information content (AvgIpc) is 3.32. The Balaban J connectivity index is 1.72. The molecule has 0 aromatic carbocycles. The highest BCUT2D eigenvalue weighted by molar-refractivity contribution is 7.12. The summed E-state index contributed by atoms with van der Waals surface area (Å²) in [6.07, 6.45) is 3.46. The van der Waals surface area contributed by atoms with E-state index in [1.165, 1.54) is 11.3 Å². The number of hydrogen-bond donors (Lipinski definition) is 1. The molecule has 2 atom stereocenters. The van der Waals surface area contributed by atoms with Gasteiger partial charge in [0.1, 0.15) is 17.9 Å². The zero-order valence-electron chi connectivity index (χ0n) is 14.5. The van der Waals surface area contributed by atoms with E-state index in [0.29, 0.717) is 36.7 Å². The first-order valence-electron chi connectivity index (χ1n) is 8.37. The molecule has 1 saturated heterocycles. The number of hydrogen-bond acceptors (Lipinski definition) is 6. The third kappa shape index (κ3) is 4.39. The van der Waals surface area contributed by atoms with Gasteiger partial charge in [-0.3, -0.25) is 14.6 Å². The van der Waals surface area contributed by atoms with Crippen molar-refractivity contribution in [2.45, 2.75) is 18.6 Å². The number of aromatic nitrogens is 1. The van der Waals surface area contributed by atoms with Gasteiger partial charge in [-0.05, 0) is 23.6 Å². The molecule has 0 bridgehead atoms. The minimum atomic E-state index is -0.567. The highest BCUT2D eigenvalue weighted by Gasteiger charge is 2.41. The highest BCUT2D eigenvalue weighted by Crippen LogP contribution is 2.26. The Morgan fingerprint density at radius 1 is 1.38 bits per heavy atom. The number of amides is 2. The van der Waals surface area contributed by atoms with Crippen molar-refractivity contribution >= 4 is 23.2 Å². The summed E-state index contributed by atoms with van der Waals surface area (Å²) in [5, 5.41) is 4.67. The molecular weight excluding hydrogens is 354 g/mol. The van der Waals surface area contributed by atoms with Crippen LogP contribution in [0.3, 0.4) is 0 Å². The van der Waals surface area contributed by atoms with E-state index >= 15 is 0 Å². The van der Waals surface area contributed by atoms with Crippen LogP contribution in [0.25, 0.3) is 0 Å². The van der Waals surface area contributed by atoms with Gasteiger partial charge in [0, 0.05) is 26.3 Å². The predicted octanol–water partition coefficient (Wildman–Crippen LogP) is 1.57. The van der Waals surface area contributed by atoms with Crippen LogP contribution in [0.4, 0.5) is 0 Å². The molecule has 2 amide bonds. The Bertz CT molecular complexity index is 723. The molecule has 0 spiro atoms. The summed E-state index contributed by atoms with van der Waals surface area (Å²) in [5.41, 5.74) is 0. The molecule has 7 nitrogen and oxygen atoms in total. The molecule has 2 aromatic heterocycles. The first-order chi connectivity index (χ1) is 12.7. The minimum Gasteiger partial charge on any atom is -0.487 e. The monoisotopic (exact) mass is 375 g/mol. The summed E-state index contributed by atoms with van der Waals surface area (Å²) in [5.74, 6) is 0.287. The third-order valence-electron chi connectivity index (χ3n) is 4.10. The largest absolute Gasteiger partial charge is 0.487 e. The molecule has 26 heavy (non-hydrogen) atoms. The number of rotatable bonds is 7. The summed E-state index contributed by atoms with van der Waals surface area (Å²) in [7, 11) is 1.58. The molecule has 3 heterocycles. The van der Waals surface area contributed by atoms with Crippen molar-refractivity contribution in [1.82, 2.24) is 15.2 Å². The molecule has 0 unspecified atom stereocenters. The number of ether oxygens (including phenoxy) is 2. The first-order valence-corrected chi connectivity index (χ1v) is 9.25. The topological polar surface area (TPSA) is 80.8 Å². The molecule has 2 aromatic rings. The van der Waals surface area contributed by atoms with Gasteiger partial charge >= 0.3 is 0 Å². The van der Waals surface area contributed by atoms with Gasteiger partial charge in [0.15, 0.2) is 0 Å². The van der Waals surface area contributed by atoms with Gasteiger partial charge in [-0.25, -0.2) is 0 Å². The van der Waals surface area contributed by atoms with Crippen LogP contribution in [0.1, 0.15) is 16.1 Å². The summed E-state index contributed by atoms with van der Waals surface area (Å²) >= 11 is 1.36. The van der Waals surface area contributed by atoms with Crippen molar-refractivity contribution in [3.05, 3.63) is 46.9 Å². The Hall–Kier alpha value is -2.45. The van der Waals surface area contributed by atoms with E-state index in [4.69, 9.17) is 9.47 Å². The van der Waals surface area contributed by atoms with Crippen molar-refractivity contribution in [3.63, 3.8) is 0 Å². The van der Waals surface area contributed by atoms with Crippen LogP contribution in [0.15, 0.2) is 42.0 Å². The third-order valence-corrected chi connectivity index (χ3v) is 4.96. The molecular formula is C18H21N3O4S. The summed E-state index contributed by atoms with van der Waals surface area (Å²) in [4.78, 5) is 31.6. The Kier molecular flexibility index (Phi) is 6.19. The van der Waals surface area contributed by atoms with Crippen LogP contribution in [0.5, 0.6) is 5.75 Å². The molecule has 3 rings (SSSR count). The van der Waals surface area contributed by atoms with Crippen LogP contribution in [-0.4, -0.2) is 60.7 Å². The molecule has 0 saturated carbocycles. The fraction of sp³-hybridized carbons (Fsp3) is 0.389. The molecule has 1 aliphatic heterocycles. The number of thiophene rings is 1. The maximum absolute atomic E-state index is 12.8. The number of nitrogens with zero attached hydrogens (tertiary/aromatic N) is 2. The normalized spacial score (nSPS) is 19.3. The number of methoxy groups -OCH3 is 1. The maximum atomic E-state index is 12.8. The summed E-state index contributed by atoms with van der Waals surface area (Å²) < 4.78 is 10.9. The van der Waals surface area contributed by atoms with Gasteiger partial charge in [-0.2, -0.15) is 0 Å². The van der Waals surface area contributed by atoms with Crippen molar-refractivity contribution in [2.24, 2.45) is 0 Å². The van der Waals surface area contributed by atoms with Crippen LogP contribution in [-0.2, 0) is 9.53 Å². The van der Waals surface area contributed by atoms with Crippen molar-refractivity contribution in [1.29, 1.82) is 0 Å². The zero-order valence-corrected chi connectivity index (χ0v) is 15.3. The Morgan fingerprint density at radius 2 is 2.27 bits per heavy atom. The molecule has 1 aliphatic rings. The molecule has 0 radical (unpaired) electrons. The quantitative estimate of drug-likeness (QED) is 0.743. The number of likely N-dealkylation sites (tertiary alicyclic amines) is 1. The van der Waals surface area contributed by atoms with E-state index in [9.17, 15) is 9.59 Å². The number of nitrogens with one attached hydrogen (secondary N) is 1. The Labute approximate surface area is 155 Å². The van der Waals surface area contributed by atoms with Gasteiger partial charge < -0.3 is 19.7 Å². The summed E-state index contributed by atoms with van der Waals surface area (Å²) in [6.45, 7) is 1.18. The van der Waals surface area contributed by atoms with Crippen LogP contribution in [0.2, 0.25) is 0 Å². The molecule has 1 fully saturated rings. The van der Waals surface area contributed by atoms with Crippen molar-refractivity contribution < 1.29 is 19.1 Å². The fourth-order valence-corrected chi connectivity index (χ4v) is 3.58. The smallest absolute Gasteiger partial charge is 0.264 e. The number of carbonyl (C=O) groups is 2. The lowest BCUT2D eigenvalue weighted by Crippen LogP contribution is -2.46. The zero-order chi connectivity index (χ0) is 18.4. The van der Waals surface area contributed by atoms with Gasteiger partial charge in [-0.15, -0.1) is 11.3 Å². The number of pyridine rings is 1. The predicted molar refractivity (Wildman–Crippen MR) is 97.3 cm³/mol. The van der Waals surface area contributed by atoms with E-state index in [-0.39, 0.29) is 17.9 Å². The molecule has 138 valence electrons. The first kappa shape index (κ1) is 18.3.